The Morgan fingerprint density at radius 2 is 2.29 bits per heavy atom. The number of nitrogens with one attached hydrogen (secondary N) is 2. The molecule has 0 aromatic heterocycles. The first-order valence-corrected chi connectivity index (χ1v) is 6.73. The van der Waals surface area contributed by atoms with Gasteiger partial charge in [0.05, 0.1) is 5.92 Å². The smallest absolute Gasteiger partial charge is 0.228 e. The molecule has 1 fully saturated rings. The largest absolute Gasteiger partial charge is 0.326 e. The van der Waals surface area contributed by atoms with Crippen LogP contribution in [0.1, 0.15) is 18.4 Å². The zero-order valence-corrected chi connectivity index (χ0v) is 11.5. The summed E-state index contributed by atoms with van der Waals surface area (Å²) >= 11 is 3.44. The van der Waals surface area contributed by atoms with E-state index >= 15 is 0 Å². The van der Waals surface area contributed by atoms with Crippen LogP contribution < -0.4 is 10.6 Å². The predicted molar refractivity (Wildman–Crippen MR) is 73.1 cm³/mol. The monoisotopic (exact) mass is 296 g/mol. The molecule has 0 aliphatic carbocycles. The number of carbonyl (C=O) groups is 1. The average Bonchev–Trinajstić information content (AvgIpc) is 2.28. The van der Waals surface area contributed by atoms with Crippen LogP contribution in [-0.4, -0.2) is 19.0 Å². The third-order valence-corrected chi connectivity index (χ3v) is 3.44. The summed E-state index contributed by atoms with van der Waals surface area (Å²) in [5.41, 5.74) is 2.00. The SMILES string of the molecule is Cc1cc(Br)cc(NC(=O)[C@H]2CCCNC2)c1. The number of amides is 1. The van der Waals surface area contributed by atoms with E-state index in [0.29, 0.717) is 0 Å². The predicted octanol–water partition coefficient (Wildman–Crippen LogP) is 2.70. The van der Waals surface area contributed by atoms with Crippen molar-refractivity contribution in [3.63, 3.8) is 0 Å². The average molecular weight is 297 g/mol. The van der Waals surface area contributed by atoms with E-state index in [1.807, 2.05) is 25.1 Å². The fourth-order valence-electron chi connectivity index (χ4n) is 2.13. The van der Waals surface area contributed by atoms with E-state index in [1.165, 1.54) is 0 Å². The van der Waals surface area contributed by atoms with Crippen LogP contribution >= 0.6 is 15.9 Å². The van der Waals surface area contributed by atoms with Crippen LogP contribution in [0.25, 0.3) is 0 Å². The molecule has 2 N–H and O–H groups in total. The Morgan fingerprint density at radius 3 is 2.94 bits per heavy atom. The number of aryl methyl sites for hydroxylation is 1. The Labute approximate surface area is 110 Å². The molecule has 0 radical (unpaired) electrons. The van der Waals surface area contributed by atoms with E-state index < -0.39 is 0 Å². The lowest BCUT2D eigenvalue weighted by atomic mass is 9.99. The molecule has 0 saturated carbocycles. The van der Waals surface area contributed by atoms with E-state index in [2.05, 4.69) is 26.6 Å². The lowest BCUT2D eigenvalue weighted by molar-refractivity contribution is -0.120. The summed E-state index contributed by atoms with van der Waals surface area (Å²) in [5.74, 6) is 0.220. The minimum Gasteiger partial charge on any atom is -0.326 e. The van der Waals surface area contributed by atoms with Crippen LogP contribution in [0.4, 0.5) is 5.69 Å². The maximum atomic E-state index is 12.0. The van der Waals surface area contributed by atoms with Crippen LogP contribution in [0.3, 0.4) is 0 Å². The number of piperidine rings is 1. The summed E-state index contributed by atoms with van der Waals surface area (Å²) in [7, 11) is 0. The molecule has 4 heteroatoms. The summed E-state index contributed by atoms with van der Waals surface area (Å²) in [4.78, 5) is 12.0. The Kier molecular flexibility index (Phi) is 4.18. The van der Waals surface area contributed by atoms with Crippen LogP contribution in [-0.2, 0) is 4.79 Å². The van der Waals surface area contributed by atoms with Gasteiger partial charge in [0.25, 0.3) is 0 Å². The zero-order chi connectivity index (χ0) is 12.3. The molecule has 2 rings (SSSR count). The molecular formula is C13H17BrN2O. The quantitative estimate of drug-likeness (QED) is 0.881. The third-order valence-electron chi connectivity index (χ3n) is 2.98. The summed E-state index contributed by atoms with van der Waals surface area (Å²) in [6.07, 6.45) is 2.06. The normalized spacial score (nSPS) is 20.0. The molecule has 1 aromatic carbocycles. The van der Waals surface area contributed by atoms with Gasteiger partial charge in [-0.3, -0.25) is 4.79 Å². The van der Waals surface area contributed by atoms with E-state index in [-0.39, 0.29) is 11.8 Å². The Hall–Kier alpha value is -0.870. The number of hydrogen-bond acceptors (Lipinski definition) is 2. The maximum Gasteiger partial charge on any atom is 0.228 e. The molecule has 1 saturated heterocycles. The molecule has 1 aromatic rings. The first kappa shape index (κ1) is 12.6. The van der Waals surface area contributed by atoms with Gasteiger partial charge in [-0.1, -0.05) is 15.9 Å². The second-order valence-corrected chi connectivity index (χ2v) is 5.47. The number of anilines is 1. The van der Waals surface area contributed by atoms with Crippen molar-refractivity contribution >= 4 is 27.5 Å². The minimum absolute atomic E-state index is 0.100. The summed E-state index contributed by atoms with van der Waals surface area (Å²) in [5, 5.41) is 6.24. The zero-order valence-electron chi connectivity index (χ0n) is 9.92. The lowest BCUT2D eigenvalue weighted by Gasteiger charge is -2.22. The number of carbonyl (C=O) groups excluding carboxylic acids is 1. The highest BCUT2D eigenvalue weighted by atomic mass is 79.9. The second-order valence-electron chi connectivity index (χ2n) is 4.55. The van der Waals surface area contributed by atoms with Crippen LogP contribution in [0.2, 0.25) is 0 Å². The molecule has 1 amide bonds. The van der Waals surface area contributed by atoms with Gasteiger partial charge in [-0.05, 0) is 50.1 Å². The molecule has 1 aliphatic rings. The van der Waals surface area contributed by atoms with E-state index in [1.54, 1.807) is 0 Å². The van der Waals surface area contributed by atoms with Gasteiger partial charge in [0.1, 0.15) is 0 Å². The molecule has 92 valence electrons. The fraction of sp³-hybridized carbons (Fsp3) is 0.462. The van der Waals surface area contributed by atoms with Gasteiger partial charge in [-0.2, -0.15) is 0 Å². The molecule has 3 nitrogen and oxygen atoms in total. The summed E-state index contributed by atoms with van der Waals surface area (Å²) in [6, 6.07) is 5.94. The van der Waals surface area contributed by atoms with Crippen molar-refractivity contribution in [1.29, 1.82) is 0 Å². The van der Waals surface area contributed by atoms with E-state index in [9.17, 15) is 4.79 Å². The number of halogens is 1. The van der Waals surface area contributed by atoms with Crippen LogP contribution in [0.5, 0.6) is 0 Å². The Balaban J connectivity index is 2.01. The Bertz CT molecular complexity index is 394. The van der Waals surface area contributed by atoms with Gasteiger partial charge >= 0.3 is 0 Å². The highest BCUT2D eigenvalue weighted by molar-refractivity contribution is 9.10. The van der Waals surface area contributed by atoms with Gasteiger partial charge < -0.3 is 10.6 Å². The highest BCUT2D eigenvalue weighted by Gasteiger charge is 2.20. The van der Waals surface area contributed by atoms with Crippen molar-refractivity contribution in [2.45, 2.75) is 19.8 Å². The van der Waals surface area contributed by atoms with Gasteiger partial charge in [-0.15, -0.1) is 0 Å². The molecule has 1 atom stereocenters. The summed E-state index contributed by atoms with van der Waals surface area (Å²) in [6.45, 7) is 3.83. The van der Waals surface area contributed by atoms with Gasteiger partial charge in [0.15, 0.2) is 0 Å². The molecule has 17 heavy (non-hydrogen) atoms. The topological polar surface area (TPSA) is 41.1 Å². The molecule has 0 unspecified atom stereocenters. The van der Waals surface area contributed by atoms with Gasteiger partial charge in [-0.25, -0.2) is 0 Å². The standard InChI is InChI=1S/C13H17BrN2O/c1-9-5-11(14)7-12(6-9)16-13(17)10-3-2-4-15-8-10/h5-7,10,15H,2-4,8H2,1H3,(H,16,17)/t10-/m0/s1. The molecular weight excluding hydrogens is 280 g/mol. The lowest BCUT2D eigenvalue weighted by Crippen LogP contribution is -2.37. The van der Waals surface area contributed by atoms with E-state index in [4.69, 9.17) is 0 Å². The fourth-order valence-corrected chi connectivity index (χ4v) is 2.74. The van der Waals surface area contributed by atoms with Crippen LogP contribution in [0, 0.1) is 12.8 Å². The Morgan fingerprint density at radius 1 is 1.47 bits per heavy atom. The molecule has 0 spiro atoms. The van der Waals surface area contributed by atoms with Gasteiger partial charge in [0, 0.05) is 16.7 Å². The molecule has 1 aliphatic heterocycles. The number of rotatable bonds is 2. The van der Waals surface area contributed by atoms with Crippen molar-refractivity contribution in [3.8, 4) is 0 Å². The minimum atomic E-state index is 0.100. The third kappa shape index (κ3) is 3.54. The van der Waals surface area contributed by atoms with Crippen molar-refractivity contribution in [2.24, 2.45) is 5.92 Å². The number of benzene rings is 1. The highest BCUT2D eigenvalue weighted by Crippen LogP contribution is 2.20. The van der Waals surface area contributed by atoms with Crippen molar-refractivity contribution < 1.29 is 4.79 Å². The first-order valence-electron chi connectivity index (χ1n) is 5.94. The number of hydrogen-bond donors (Lipinski definition) is 2. The first-order chi connectivity index (χ1) is 8.15. The van der Waals surface area contributed by atoms with E-state index in [0.717, 1.165) is 41.7 Å². The van der Waals surface area contributed by atoms with Crippen molar-refractivity contribution in [1.82, 2.24) is 5.32 Å². The second kappa shape index (κ2) is 5.65. The maximum absolute atomic E-state index is 12.0. The van der Waals surface area contributed by atoms with Crippen molar-refractivity contribution in [3.05, 3.63) is 28.2 Å². The van der Waals surface area contributed by atoms with Crippen molar-refractivity contribution in [2.75, 3.05) is 18.4 Å². The molecule has 1 heterocycles. The summed E-state index contributed by atoms with van der Waals surface area (Å²) < 4.78 is 0.995. The van der Waals surface area contributed by atoms with Crippen LogP contribution in [0.15, 0.2) is 22.7 Å². The van der Waals surface area contributed by atoms with Gasteiger partial charge in [0.2, 0.25) is 5.91 Å². The molecule has 0 bridgehead atoms.